The molecule has 0 aliphatic carbocycles. The van der Waals surface area contributed by atoms with Crippen molar-refractivity contribution in [3.05, 3.63) is 89.5 Å². The summed E-state index contributed by atoms with van der Waals surface area (Å²) in [5.41, 5.74) is 1.52. The second-order valence-corrected chi connectivity index (χ2v) is 9.53. The molecule has 0 radical (unpaired) electrons. The van der Waals surface area contributed by atoms with Crippen LogP contribution in [0.15, 0.2) is 78.4 Å². The SMILES string of the molecule is CCOc1cccc(N2C(=O)C(=O)/C(=C(/O)c3ccc(OC(C)C)cc3)C2c2cccc(OC(C)C)c2)c1. The van der Waals surface area contributed by atoms with E-state index < -0.39 is 17.7 Å². The molecule has 1 unspecified atom stereocenters. The van der Waals surface area contributed by atoms with Gasteiger partial charge in [-0.3, -0.25) is 14.5 Å². The van der Waals surface area contributed by atoms with Crippen LogP contribution in [-0.2, 0) is 9.59 Å². The van der Waals surface area contributed by atoms with Crippen LogP contribution in [0.4, 0.5) is 5.69 Å². The summed E-state index contributed by atoms with van der Waals surface area (Å²) in [6, 6.07) is 20.2. The van der Waals surface area contributed by atoms with E-state index in [1.165, 1.54) is 4.90 Å². The number of carbonyl (C=O) groups is 2. The summed E-state index contributed by atoms with van der Waals surface area (Å²) in [6.45, 7) is 10.0. The summed E-state index contributed by atoms with van der Waals surface area (Å²) in [7, 11) is 0. The van der Waals surface area contributed by atoms with Gasteiger partial charge in [-0.05, 0) is 88.7 Å². The number of aliphatic hydroxyl groups excluding tert-OH is 1. The van der Waals surface area contributed by atoms with Gasteiger partial charge < -0.3 is 19.3 Å². The number of anilines is 1. The van der Waals surface area contributed by atoms with Crippen LogP contribution < -0.4 is 19.1 Å². The average Bonchev–Trinajstić information content (AvgIpc) is 3.14. The van der Waals surface area contributed by atoms with Gasteiger partial charge in [-0.25, -0.2) is 0 Å². The van der Waals surface area contributed by atoms with E-state index in [2.05, 4.69) is 0 Å². The van der Waals surface area contributed by atoms with Crippen molar-refractivity contribution in [1.82, 2.24) is 0 Å². The van der Waals surface area contributed by atoms with E-state index in [1.807, 2.05) is 52.8 Å². The van der Waals surface area contributed by atoms with Crippen LogP contribution >= 0.6 is 0 Å². The summed E-state index contributed by atoms with van der Waals surface area (Å²) in [4.78, 5) is 28.4. The third-order valence-corrected chi connectivity index (χ3v) is 5.90. The van der Waals surface area contributed by atoms with Gasteiger partial charge in [0, 0.05) is 17.3 Å². The van der Waals surface area contributed by atoms with Gasteiger partial charge in [-0.15, -0.1) is 0 Å². The van der Waals surface area contributed by atoms with E-state index in [1.54, 1.807) is 54.6 Å². The molecule has 7 heteroatoms. The third-order valence-electron chi connectivity index (χ3n) is 5.90. The van der Waals surface area contributed by atoms with E-state index in [4.69, 9.17) is 14.2 Å². The molecule has 0 bridgehead atoms. The molecule has 0 spiro atoms. The second-order valence-electron chi connectivity index (χ2n) is 9.53. The van der Waals surface area contributed by atoms with Crippen LogP contribution in [0.3, 0.4) is 0 Å². The van der Waals surface area contributed by atoms with Crippen LogP contribution in [0.2, 0.25) is 0 Å². The fourth-order valence-corrected chi connectivity index (χ4v) is 4.45. The summed E-state index contributed by atoms with van der Waals surface area (Å²) in [5, 5.41) is 11.4. The van der Waals surface area contributed by atoms with Crippen LogP contribution in [0.1, 0.15) is 51.8 Å². The number of aliphatic hydroxyl groups is 1. The Morgan fingerprint density at radius 1 is 0.842 bits per heavy atom. The normalized spacial score (nSPS) is 16.8. The molecular weight excluding hydrogens is 482 g/mol. The molecular formula is C31H33NO6. The number of nitrogens with zero attached hydrogens (tertiary/aromatic N) is 1. The maximum absolute atomic E-state index is 13.5. The Balaban J connectivity index is 1.87. The highest BCUT2D eigenvalue weighted by atomic mass is 16.5. The van der Waals surface area contributed by atoms with E-state index in [0.717, 1.165) is 0 Å². The van der Waals surface area contributed by atoms with E-state index in [0.29, 0.717) is 40.7 Å². The lowest BCUT2D eigenvalue weighted by molar-refractivity contribution is -0.132. The van der Waals surface area contributed by atoms with E-state index in [-0.39, 0.29) is 23.5 Å². The Morgan fingerprint density at radius 2 is 1.47 bits per heavy atom. The summed E-state index contributed by atoms with van der Waals surface area (Å²) in [5.74, 6) is 0.0414. The lowest BCUT2D eigenvalue weighted by atomic mass is 9.95. The lowest BCUT2D eigenvalue weighted by Crippen LogP contribution is -2.29. The molecule has 4 rings (SSSR count). The number of rotatable bonds is 9. The summed E-state index contributed by atoms with van der Waals surface area (Å²) < 4.78 is 17.2. The number of amides is 1. The molecule has 1 atom stereocenters. The molecule has 0 saturated carbocycles. The summed E-state index contributed by atoms with van der Waals surface area (Å²) >= 11 is 0. The highest BCUT2D eigenvalue weighted by Crippen LogP contribution is 2.43. The molecule has 1 fully saturated rings. The van der Waals surface area contributed by atoms with Gasteiger partial charge in [0.25, 0.3) is 11.7 Å². The molecule has 3 aromatic carbocycles. The van der Waals surface area contributed by atoms with Crippen LogP contribution in [0, 0.1) is 0 Å². The van der Waals surface area contributed by atoms with E-state index >= 15 is 0 Å². The number of carbonyl (C=O) groups excluding carboxylic acids is 2. The number of benzene rings is 3. The Hall–Kier alpha value is -4.26. The topological polar surface area (TPSA) is 85.3 Å². The van der Waals surface area contributed by atoms with Crippen molar-refractivity contribution >= 4 is 23.1 Å². The quantitative estimate of drug-likeness (QED) is 0.205. The van der Waals surface area contributed by atoms with Crippen LogP contribution in [0.25, 0.3) is 5.76 Å². The first-order valence-electron chi connectivity index (χ1n) is 12.8. The first-order valence-corrected chi connectivity index (χ1v) is 12.8. The van der Waals surface area contributed by atoms with Crippen LogP contribution in [0.5, 0.6) is 17.2 Å². The number of ketones is 1. The summed E-state index contributed by atoms with van der Waals surface area (Å²) in [6.07, 6.45) is -0.0707. The van der Waals surface area contributed by atoms with Crippen molar-refractivity contribution < 1.29 is 28.9 Å². The average molecular weight is 516 g/mol. The smallest absolute Gasteiger partial charge is 0.300 e. The molecule has 198 valence electrons. The fraction of sp³-hybridized carbons (Fsp3) is 0.290. The molecule has 38 heavy (non-hydrogen) atoms. The van der Waals surface area contributed by atoms with Crippen molar-refractivity contribution in [1.29, 1.82) is 0 Å². The standard InChI is InChI=1S/C31H33NO6/c1-6-36-25-11-8-10-23(18-25)32-28(22-9-7-12-26(17-22)38-20(4)5)27(30(34)31(32)35)29(33)21-13-15-24(16-14-21)37-19(2)3/h7-20,28,33H,6H2,1-5H3/b29-27+. The zero-order valence-electron chi connectivity index (χ0n) is 22.3. The van der Waals surface area contributed by atoms with E-state index in [9.17, 15) is 14.7 Å². The first kappa shape index (κ1) is 26.8. The lowest BCUT2D eigenvalue weighted by Gasteiger charge is -2.26. The molecule has 1 N–H and O–H groups in total. The molecule has 7 nitrogen and oxygen atoms in total. The minimum atomic E-state index is -0.880. The molecule has 1 aliphatic rings. The van der Waals surface area contributed by atoms with Crippen LogP contribution in [-0.4, -0.2) is 35.6 Å². The Labute approximate surface area is 223 Å². The van der Waals surface area contributed by atoms with Gasteiger partial charge in [-0.1, -0.05) is 18.2 Å². The predicted molar refractivity (Wildman–Crippen MR) is 147 cm³/mol. The highest BCUT2D eigenvalue weighted by Gasteiger charge is 2.47. The number of ether oxygens (including phenoxy) is 3. The first-order chi connectivity index (χ1) is 18.2. The molecule has 1 aliphatic heterocycles. The van der Waals surface area contributed by atoms with Crippen molar-refractivity contribution in [2.24, 2.45) is 0 Å². The van der Waals surface area contributed by atoms with Gasteiger partial charge >= 0.3 is 0 Å². The minimum Gasteiger partial charge on any atom is -0.507 e. The zero-order chi connectivity index (χ0) is 27.4. The third kappa shape index (κ3) is 5.67. The van der Waals surface area contributed by atoms with Gasteiger partial charge in [-0.2, -0.15) is 0 Å². The maximum atomic E-state index is 13.5. The number of hydrogen-bond donors (Lipinski definition) is 1. The number of Topliss-reactive ketones (excluding diaryl/α,β-unsaturated/α-hetero) is 1. The molecule has 1 amide bonds. The Bertz CT molecular complexity index is 1340. The molecule has 0 aromatic heterocycles. The zero-order valence-corrected chi connectivity index (χ0v) is 22.3. The second kappa shape index (κ2) is 11.4. The molecule has 1 saturated heterocycles. The number of hydrogen-bond acceptors (Lipinski definition) is 6. The van der Waals surface area contributed by atoms with Gasteiger partial charge in [0.1, 0.15) is 23.0 Å². The van der Waals surface area contributed by atoms with Crippen molar-refractivity contribution in [2.45, 2.75) is 52.9 Å². The van der Waals surface area contributed by atoms with Gasteiger partial charge in [0.05, 0.1) is 30.4 Å². The van der Waals surface area contributed by atoms with Crippen molar-refractivity contribution in [3.63, 3.8) is 0 Å². The molecule has 1 heterocycles. The molecule has 3 aromatic rings. The van der Waals surface area contributed by atoms with Crippen molar-refractivity contribution in [2.75, 3.05) is 11.5 Å². The highest BCUT2D eigenvalue weighted by molar-refractivity contribution is 6.51. The maximum Gasteiger partial charge on any atom is 0.300 e. The minimum absolute atomic E-state index is 0.00367. The largest absolute Gasteiger partial charge is 0.507 e. The van der Waals surface area contributed by atoms with Gasteiger partial charge in [0.15, 0.2) is 0 Å². The monoisotopic (exact) mass is 515 g/mol. The fourth-order valence-electron chi connectivity index (χ4n) is 4.45. The van der Waals surface area contributed by atoms with Gasteiger partial charge in [0.2, 0.25) is 0 Å². The van der Waals surface area contributed by atoms with Crippen molar-refractivity contribution in [3.8, 4) is 17.2 Å². The Morgan fingerprint density at radius 3 is 2.13 bits per heavy atom. The Kier molecular flexibility index (Phi) is 8.05. The predicted octanol–water partition coefficient (Wildman–Crippen LogP) is 6.29.